The van der Waals surface area contributed by atoms with Crippen LogP contribution in [0.5, 0.6) is 0 Å². The fraction of sp³-hybridized carbons (Fsp3) is 0.643. The number of alkyl halides is 2. The van der Waals surface area contributed by atoms with Gasteiger partial charge in [-0.05, 0) is 13.0 Å². The fourth-order valence-corrected chi connectivity index (χ4v) is 2.63. The van der Waals surface area contributed by atoms with Crippen LogP contribution in [0.4, 0.5) is 13.6 Å². The average molecular weight is 363 g/mol. The number of nitrogens with two attached hydrogens (primary N) is 1. The van der Waals surface area contributed by atoms with Crippen molar-refractivity contribution in [2.24, 2.45) is 5.73 Å². The Morgan fingerprint density at radius 1 is 1.40 bits per heavy atom. The van der Waals surface area contributed by atoms with Crippen molar-refractivity contribution in [3.05, 3.63) is 12.3 Å². The number of esters is 2. The fourth-order valence-electron chi connectivity index (χ4n) is 2.63. The maximum absolute atomic E-state index is 14.8. The molecule has 0 saturated carbocycles. The van der Waals surface area contributed by atoms with E-state index in [0.717, 1.165) is 20.0 Å². The summed E-state index contributed by atoms with van der Waals surface area (Å²) in [6.07, 6.45) is -5.19. The molecule has 25 heavy (non-hydrogen) atoms. The number of nitrogens with one attached hydrogen (secondary N) is 1. The monoisotopic (exact) mass is 363 g/mol. The largest absolute Gasteiger partial charge is 0.460 e. The number of carbonyl (C=O) groups excluding carboxylic acids is 3. The highest BCUT2D eigenvalue weighted by molar-refractivity contribution is 5.77. The molecule has 1 fully saturated rings. The van der Waals surface area contributed by atoms with E-state index in [1.807, 2.05) is 0 Å². The highest BCUT2D eigenvalue weighted by Crippen LogP contribution is 2.42. The molecule has 0 aromatic heterocycles. The van der Waals surface area contributed by atoms with Crippen LogP contribution in [-0.2, 0) is 23.8 Å². The minimum Gasteiger partial charge on any atom is -0.460 e. The van der Waals surface area contributed by atoms with E-state index in [4.69, 9.17) is 19.9 Å². The molecule has 5 unspecified atom stereocenters. The van der Waals surface area contributed by atoms with Gasteiger partial charge in [-0.2, -0.15) is 8.78 Å². The molecule has 140 valence electrons. The summed E-state index contributed by atoms with van der Waals surface area (Å²) in [7, 11) is 0. The van der Waals surface area contributed by atoms with Crippen LogP contribution in [-0.4, -0.2) is 59.5 Å². The third-order valence-corrected chi connectivity index (χ3v) is 3.63. The first-order chi connectivity index (χ1) is 11.5. The van der Waals surface area contributed by atoms with Crippen LogP contribution in [0.2, 0.25) is 0 Å². The molecule has 1 saturated heterocycles. The maximum Gasteiger partial charge on any atom is 0.331 e. The molecular weight excluding hydrogens is 344 g/mol. The first kappa shape index (κ1) is 19.1. The summed E-state index contributed by atoms with van der Waals surface area (Å²) in [5.74, 6) is -5.44. The quantitative estimate of drug-likeness (QED) is 0.677. The molecule has 0 spiro atoms. The van der Waals surface area contributed by atoms with Crippen molar-refractivity contribution in [2.45, 2.75) is 57.4 Å². The Labute approximate surface area is 142 Å². The maximum atomic E-state index is 14.8. The first-order valence-corrected chi connectivity index (χ1v) is 7.44. The number of amides is 2. The van der Waals surface area contributed by atoms with Gasteiger partial charge in [-0.3, -0.25) is 14.5 Å². The molecule has 2 amide bonds. The number of hydrogen-bond acceptors (Lipinski definition) is 7. The number of hydrogen-bond donors (Lipinski definition) is 2. The predicted molar refractivity (Wildman–Crippen MR) is 77.9 cm³/mol. The van der Waals surface area contributed by atoms with E-state index in [-0.39, 0.29) is 0 Å². The molecule has 0 bridgehead atoms. The van der Waals surface area contributed by atoms with Crippen LogP contribution in [0.15, 0.2) is 12.3 Å². The highest BCUT2D eigenvalue weighted by Gasteiger charge is 2.65. The standard InChI is InChI=1S/C14H19F2N3O6/c1-6(23-7(2)20)10-11(24-8(3)21)14(15,16)12(25-10)19-5-4-9(17)18-13(19)22/h4-6,9-12H,17H2,1-3H3,(H,18,22). The Kier molecular flexibility index (Phi) is 5.28. The molecule has 2 aliphatic rings. The molecule has 2 heterocycles. The summed E-state index contributed by atoms with van der Waals surface area (Å²) in [6, 6.07) is -0.901. The molecule has 0 aromatic rings. The van der Waals surface area contributed by atoms with Crippen LogP contribution in [0.1, 0.15) is 20.8 Å². The minimum absolute atomic E-state index is 0.611. The Bertz CT molecular complexity index is 599. The average Bonchev–Trinajstić information content (AvgIpc) is 2.70. The van der Waals surface area contributed by atoms with Crippen molar-refractivity contribution in [3.63, 3.8) is 0 Å². The molecule has 2 rings (SSSR count). The van der Waals surface area contributed by atoms with Gasteiger partial charge in [0, 0.05) is 20.0 Å². The van der Waals surface area contributed by atoms with E-state index < -0.39 is 54.6 Å². The van der Waals surface area contributed by atoms with E-state index in [1.54, 1.807) is 0 Å². The van der Waals surface area contributed by atoms with Gasteiger partial charge in [0.2, 0.25) is 6.23 Å². The molecule has 0 aliphatic carbocycles. The van der Waals surface area contributed by atoms with Crippen LogP contribution >= 0.6 is 0 Å². The summed E-state index contributed by atoms with van der Waals surface area (Å²) < 4.78 is 44.5. The van der Waals surface area contributed by atoms with E-state index in [2.05, 4.69) is 5.32 Å². The summed E-state index contributed by atoms with van der Waals surface area (Å²) in [5.41, 5.74) is 5.48. The second kappa shape index (κ2) is 6.92. The van der Waals surface area contributed by atoms with Gasteiger partial charge in [0.05, 0.1) is 6.17 Å². The van der Waals surface area contributed by atoms with E-state index in [0.29, 0.717) is 4.90 Å². The molecule has 0 aromatic carbocycles. The molecule has 2 aliphatic heterocycles. The number of carbonyl (C=O) groups is 3. The molecule has 3 N–H and O–H groups in total. The van der Waals surface area contributed by atoms with Crippen molar-refractivity contribution in [2.75, 3.05) is 0 Å². The lowest BCUT2D eigenvalue weighted by atomic mass is 10.0. The van der Waals surface area contributed by atoms with E-state index >= 15 is 0 Å². The van der Waals surface area contributed by atoms with Gasteiger partial charge in [-0.1, -0.05) is 0 Å². The highest BCUT2D eigenvalue weighted by atomic mass is 19.3. The number of ether oxygens (including phenoxy) is 3. The van der Waals surface area contributed by atoms with Crippen molar-refractivity contribution in [3.8, 4) is 0 Å². The third-order valence-electron chi connectivity index (χ3n) is 3.63. The summed E-state index contributed by atoms with van der Waals surface area (Å²) >= 11 is 0. The van der Waals surface area contributed by atoms with E-state index in [9.17, 15) is 23.2 Å². The Morgan fingerprint density at radius 2 is 2.04 bits per heavy atom. The van der Waals surface area contributed by atoms with Crippen molar-refractivity contribution in [1.82, 2.24) is 10.2 Å². The van der Waals surface area contributed by atoms with Gasteiger partial charge in [0.15, 0.2) is 6.10 Å². The number of nitrogens with zero attached hydrogens (tertiary/aromatic N) is 1. The number of rotatable bonds is 4. The summed E-state index contributed by atoms with van der Waals surface area (Å²) in [6.45, 7) is 3.39. The normalized spacial score (nSPS) is 32.1. The number of urea groups is 1. The van der Waals surface area contributed by atoms with Crippen LogP contribution < -0.4 is 11.1 Å². The van der Waals surface area contributed by atoms with Gasteiger partial charge in [-0.15, -0.1) is 0 Å². The third kappa shape index (κ3) is 3.87. The zero-order valence-corrected chi connectivity index (χ0v) is 13.8. The second-order valence-corrected chi connectivity index (χ2v) is 5.70. The predicted octanol–water partition coefficient (Wildman–Crippen LogP) is 0.0536. The van der Waals surface area contributed by atoms with E-state index in [1.165, 1.54) is 13.0 Å². The van der Waals surface area contributed by atoms with Crippen LogP contribution in [0.3, 0.4) is 0 Å². The van der Waals surface area contributed by atoms with Crippen molar-refractivity contribution < 1.29 is 37.4 Å². The second-order valence-electron chi connectivity index (χ2n) is 5.70. The Balaban J connectivity index is 2.32. The smallest absolute Gasteiger partial charge is 0.331 e. The minimum atomic E-state index is -3.76. The van der Waals surface area contributed by atoms with Gasteiger partial charge in [0.25, 0.3) is 0 Å². The van der Waals surface area contributed by atoms with Crippen molar-refractivity contribution >= 4 is 18.0 Å². The van der Waals surface area contributed by atoms with Gasteiger partial charge < -0.3 is 25.3 Å². The van der Waals surface area contributed by atoms with Gasteiger partial charge >= 0.3 is 23.9 Å². The zero-order chi connectivity index (χ0) is 18.9. The Hall–Kier alpha value is -2.27. The molecule has 5 atom stereocenters. The topological polar surface area (TPSA) is 120 Å². The van der Waals surface area contributed by atoms with Crippen LogP contribution in [0, 0.1) is 0 Å². The van der Waals surface area contributed by atoms with Gasteiger partial charge in [0.1, 0.15) is 12.2 Å². The van der Waals surface area contributed by atoms with Crippen molar-refractivity contribution in [1.29, 1.82) is 0 Å². The van der Waals surface area contributed by atoms with Gasteiger partial charge in [-0.25, -0.2) is 4.79 Å². The molecule has 11 heteroatoms. The number of halogens is 2. The summed E-state index contributed by atoms with van der Waals surface area (Å²) in [4.78, 5) is 34.9. The Morgan fingerprint density at radius 3 is 2.56 bits per heavy atom. The lowest BCUT2D eigenvalue weighted by Gasteiger charge is -2.32. The lowest BCUT2D eigenvalue weighted by molar-refractivity contribution is -0.176. The first-order valence-electron chi connectivity index (χ1n) is 7.44. The van der Waals surface area contributed by atoms with Crippen LogP contribution in [0.25, 0.3) is 0 Å². The molecule has 9 nitrogen and oxygen atoms in total. The SMILES string of the molecule is CC(=O)OC(C)C1OC(N2C=CC(N)NC2=O)C(F)(F)C1OC(C)=O. The molecular formula is C14H19F2N3O6. The summed E-state index contributed by atoms with van der Waals surface area (Å²) in [5, 5.41) is 2.25. The zero-order valence-electron chi connectivity index (χ0n) is 13.8. The molecule has 0 radical (unpaired) electrons. The lowest BCUT2D eigenvalue weighted by Crippen LogP contribution is -2.57.